The Hall–Kier alpha value is -7.56. The normalized spacial score (nSPS) is 15.0. The molecule has 0 aromatic heterocycles. The zero-order chi connectivity index (χ0) is 54.3. The lowest BCUT2D eigenvalue weighted by molar-refractivity contribution is -0.432. The first kappa shape index (κ1) is 53.8. The first-order chi connectivity index (χ1) is 37.8. The van der Waals surface area contributed by atoms with Crippen molar-refractivity contribution in [1.82, 2.24) is 0 Å². The molecule has 0 heterocycles. The Balaban J connectivity index is 0.829. The number of aryl methyl sites for hydroxylation is 1. The van der Waals surface area contributed by atoms with E-state index in [9.17, 15) is 22.6 Å². The summed E-state index contributed by atoms with van der Waals surface area (Å²) in [7, 11) is -3.23. The summed E-state index contributed by atoms with van der Waals surface area (Å²) < 4.78 is 65.0. The van der Waals surface area contributed by atoms with Crippen molar-refractivity contribution < 1.29 is 56.1 Å². The van der Waals surface area contributed by atoms with E-state index in [2.05, 4.69) is 41.4 Å². The van der Waals surface area contributed by atoms with Crippen molar-refractivity contribution in [1.29, 1.82) is 0 Å². The highest BCUT2D eigenvalue weighted by atomic mass is 32.2. The summed E-state index contributed by atoms with van der Waals surface area (Å²) in [5.74, 6) is 2.45. The van der Waals surface area contributed by atoms with Gasteiger partial charge in [0.05, 0.1) is 24.0 Å². The van der Waals surface area contributed by atoms with Crippen LogP contribution in [0, 0.1) is 6.92 Å². The Morgan fingerprint density at radius 3 is 1.28 bits per heavy atom. The van der Waals surface area contributed by atoms with Crippen LogP contribution in [-0.2, 0) is 30.3 Å². The van der Waals surface area contributed by atoms with Crippen LogP contribution in [0.3, 0.4) is 0 Å². The van der Waals surface area contributed by atoms with Gasteiger partial charge in [-0.15, -0.1) is 4.33 Å². The van der Waals surface area contributed by atoms with E-state index >= 15 is 0 Å². The standard InChI is InChI=1S/C64H58O12S2/c1-43-9-11-44(12-10-43)61(65)45-13-25-53(26-14-45)72-54-29-19-49(20-30-54)64(39-7-4-8-40-64)50-21-31-55(32-22-50)73-57-35-15-46(41-59(57)77-76-75-67)62(66)47-16-36-58(60(42-47)78(68,69)70)74-56-33-23-51(24-34-56)63(37-5-3-6-38-63)48-17-27-52(71-2)28-18-48/h9-36,41-42,67H,3-8,37-40H2,1-2H3,(H,68,69,70). The number of carbonyl (C=O) groups is 2. The van der Waals surface area contributed by atoms with Crippen LogP contribution >= 0.6 is 12.0 Å². The van der Waals surface area contributed by atoms with Gasteiger partial charge in [-0.2, -0.15) is 8.42 Å². The van der Waals surface area contributed by atoms with Crippen LogP contribution in [0.5, 0.6) is 40.2 Å². The highest BCUT2D eigenvalue weighted by molar-refractivity contribution is 7.94. The van der Waals surface area contributed by atoms with Gasteiger partial charge in [-0.1, -0.05) is 122 Å². The Kier molecular flexibility index (Phi) is 16.3. The van der Waals surface area contributed by atoms with Crippen molar-refractivity contribution in [2.24, 2.45) is 0 Å². The molecule has 78 heavy (non-hydrogen) atoms. The Morgan fingerprint density at radius 2 is 0.833 bits per heavy atom. The predicted octanol–water partition coefficient (Wildman–Crippen LogP) is 16.0. The number of ketones is 2. The lowest BCUT2D eigenvalue weighted by Crippen LogP contribution is -2.30. The van der Waals surface area contributed by atoms with Crippen molar-refractivity contribution in [3.63, 3.8) is 0 Å². The summed E-state index contributed by atoms with van der Waals surface area (Å²) in [4.78, 5) is 26.8. The average molecular weight is 1080 g/mol. The lowest BCUT2D eigenvalue weighted by Gasteiger charge is -2.38. The molecule has 10 rings (SSSR count). The Bertz CT molecular complexity index is 3500. The third-order valence-electron chi connectivity index (χ3n) is 15.2. The van der Waals surface area contributed by atoms with Crippen LogP contribution < -0.4 is 18.9 Å². The predicted molar refractivity (Wildman–Crippen MR) is 298 cm³/mol. The molecule has 2 saturated carbocycles. The lowest BCUT2D eigenvalue weighted by atomic mass is 9.65. The monoisotopic (exact) mass is 1080 g/mol. The molecule has 12 nitrogen and oxygen atoms in total. The summed E-state index contributed by atoms with van der Waals surface area (Å²) in [5, 5.41) is 13.0. The van der Waals surface area contributed by atoms with Gasteiger partial charge < -0.3 is 18.9 Å². The molecule has 0 spiro atoms. The third-order valence-corrected chi connectivity index (χ3v) is 16.7. The second-order valence-corrected chi connectivity index (χ2v) is 22.1. The average Bonchev–Trinajstić information content (AvgIpc) is 3.49. The number of hydrogen-bond donors (Lipinski definition) is 2. The van der Waals surface area contributed by atoms with E-state index < -0.39 is 20.8 Å². The molecular weight excluding hydrogens is 1020 g/mol. The molecule has 2 fully saturated rings. The summed E-state index contributed by atoms with van der Waals surface area (Å²) in [5.41, 5.74) is 6.58. The molecule has 8 aromatic carbocycles. The molecule has 0 unspecified atom stereocenters. The second-order valence-electron chi connectivity index (χ2n) is 20.0. The van der Waals surface area contributed by atoms with Crippen LogP contribution in [0.15, 0.2) is 192 Å². The van der Waals surface area contributed by atoms with E-state index in [0.717, 1.165) is 92.7 Å². The van der Waals surface area contributed by atoms with Gasteiger partial charge >= 0.3 is 0 Å². The van der Waals surface area contributed by atoms with Crippen molar-refractivity contribution in [3.8, 4) is 40.2 Å². The maximum absolute atomic E-state index is 14.1. The van der Waals surface area contributed by atoms with E-state index in [0.29, 0.717) is 46.2 Å². The van der Waals surface area contributed by atoms with Gasteiger partial charge in [-0.3, -0.25) is 14.1 Å². The van der Waals surface area contributed by atoms with Gasteiger partial charge in [0.15, 0.2) is 11.6 Å². The maximum Gasteiger partial charge on any atom is 0.298 e. The van der Waals surface area contributed by atoms with E-state index in [1.807, 2.05) is 91.9 Å². The molecule has 8 aromatic rings. The molecule has 2 N–H and O–H groups in total. The fourth-order valence-electron chi connectivity index (χ4n) is 11.1. The molecule has 0 atom stereocenters. The fraction of sp³-hybridized carbons (Fsp3) is 0.219. The molecule has 0 bridgehead atoms. The number of hydrogen-bond acceptors (Lipinski definition) is 12. The molecule has 2 aliphatic carbocycles. The Labute approximate surface area is 458 Å². The fourth-order valence-corrected chi connectivity index (χ4v) is 12.2. The van der Waals surface area contributed by atoms with E-state index in [1.165, 1.54) is 35.4 Å². The number of benzene rings is 8. The highest BCUT2D eigenvalue weighted by Crippen LogP contribution is 2.48. The smallest absolute Gasteiger partial charge is 0.298 e. The number of ether oxygens (including phenoxy) is 4. The van der Waals surface area contributed by atoms with Gasteiger partial charge in [0, 0.05) is 33.1 Å². The van der Waals surface area contributed by atoms with E-state index in [4.69, 9.17) is 28.5 Å². The van der Waals surface area contributed by atoms with Gasteiger partial charge in [-0.25, -0.2) is 5.26 Å². The van der Waals surface area contributed by atoms with Crippen LogP contribution in [0.25, 0.3) is 0 Å². The topological polar surface area (TPSA) is 164 Å². The van der Waals surface area contributed by atoms with Crippen LogP contribution in [0.4, 0.5) is 0 Å². The zero-order valence-electron chi connectivity index (χ0n) is 43.2. The van der Waals surface area contributed by atoms with Crippen LogP contribution in [0.2, 0.25) is 0 Å². The van der Waals surface area contributed by atoms with Crippen molar-refractivity contribution >= 4 is 33.7 Å². The van der Waals surface area contributed by atoms with Crippen molar-refractivity contribution in [2.75, 3.05) is 7.11 Å². The van der Waals surface area contributed by atoms with Gasteiger partial charge in [0.2, 0.25) is 0 Å². The SMILES string of the molecule is COc1ccc(C2(c3ccc(Oc4ccc(C(=O)c5ccc(Oc6ccc(C7(c8ccc(Oc9ccc(C(=O)c%10ccc(C)cc%10)cc9)cc8)CCCCC7)cc6)c(SOOO)c5)cc4S(=O)(=O)O)cc3)CCCCC2)cc1. The summed E-state index contributed by atoms with van der Waals surface area (Å²) in [6.07, 6.45) is 10.5. The molecule has 0 aliphatic heterocycles. The minimum absolute atomic E-state index is 0.0411. The van der Waals surface area contributed by atoms with Gasteiger partial charge in [0.25, 0.3) is 10.1 Å². The van der Waals surface area contributed by atoms with Crippen LogP contribution in [-0.4, -0.2) is 36.9 Å². The molecular formula is C64H58O12S2. The number of methoxy groups -OCH3 is 1. The van der Waals surface area contributed by atoms with E-state index in [-0.39, 0.29) is 44.1 Å². The number of carbonyl (C=O) groups excluding carboxylic acids is 2. The quantitative estimate of drug-likeness (QED) is 0.0259. The number of rotatable bonds is 19. The minimum atomic E-state index is -4.87. The third kappa shape index (κ3) is 11.8. The van der Waals surface area contributed by atoms with Gasteiger partial charge in [0.1, 0.15) is 45.1 Å². The molecule has 14 heteroatoms. The first-order valence-electron chi connectivity index (χ1n) is 26.0. The molecule has 0 saturated heterocycles. The maximum atomic E-state index is 14.1. The second kappa shape index (κ2) is 23.6. The summed E-state index contributed by atoms with van der Waals surface area (Å²) in [6.45, 7) is 1.99. The molecule has 398 valence electrons. The first-order valence-corrected chi connectivity index (χ1v) is 28.2. The summed E-state index contributed by atoms with van der Waals surface area (Å²) >= 11 is 0.605. The highest BCUT2D eigenvalue weighted by Gasteiger charge is 2.37. The van der Waals surface area contributed by atoms with Crippen molar-refractivity contribution in [2.45, 2.75) is 91.8 Å². The molecule has 0 radical (unpaired) electrons. The Morgan fingerprint density at radius 1 is 0.462 bits per heavy atom. The zero-order valence-corrected chi connectivity index (χ0v) is 44.8. The largest absolute Gasteiger partial charge is 0.497 e. The summed E-state index contributed by atoms with van der Waals surface area (Å²) in [6, 6.07) is 54.9. The molecule has 2 aliphatic rings. The molecule has 0 amide bonds. The van der Waals surface area contributed by atoms with Crippen LogP contribution in [0.1, 0.15) is 124 Å². The van der Waals surface area contributed by atoms with Crippen molar-refractivity contribution in [3.05, 3.63) is 232 Å². The minimum Gasteiger partial charge on any atom is -0.497 e. The van der Waals surface area contributed by atoms with Gasteiger partial charge in [-0.05, 0) is 164 Å². The van der Waals surface area contributed by atoms with E-state index in [1.54, 1.807) is 37.4 Å².